The van der Waals surface area contributed by atoms with E-state index in [0.29, 0.717) is 6.42 Å². The Morgan fingerprint density at radius 1 is 1.36 bits per heavy atom. The van der Waals surface area contributed by atoms with Crippen molar-refractivity contribution in [1.29, 1.82) is 0 Å². The van der Waals surface area contributed by atoms with Crippen LogP contribution in [0, 0.1) is 0 Å². The molecule has 1 N–H and O–H groups in total. The Labute approximate surface area is 84.3 Å². The van der Waals surface area contributed by atoms with Crippen LogP contribution < -0.4 is 5.32 Å². The highest BCUT2D eigenvalue weighted by molar-refractivity contribution is 5.50. The van der Waals surface area contributed by atoms with Gasteiger partial charge in [-0.2, -0.15) is 0 Å². The van der Waals surface area contributed by atoms with Gasteiger partial charge in [-0.15, -0.1) is 0 Å². The maximum Gasteiger partial charge on any atom is 0.120 e. The molecule has 0 saturated carbocycles. The van der Waals surface area contributed by atoms with Crippen LogP contribution in [0.15, 0.2) is 18.2 Å². The van der Waals surface area contributed by atoms with E-state index in [0.717, 1.165) is 32.2 Å². The maximum absolute atomic E-state index is 10.3. The fourth-order valence-electron chi connectivity index (χ4n) is 1.91. The summed E-state index contributed by atoms with van der Waals surface area (Å²) in [7, 11) is 0. The van der Waals surface area contributed by atoms with Gasteiger partial charge in [-0.3, -0.25) is 0 Å². The van der Waals surface area contributed by atoms with Crippen LogP contribution in [0.25, 0.3) is 0 Å². The SMILES string of the molecule is O=CCCc1ccc2c(c1)CCNC2. The van der Waals surface area contributed by atoms with Crippen molar-refractivity contribution in [3.63, 3.8) is 0 Å². The molecule has 74 valence electrons. The molecular formula is C12H15NO. The molecule has 0 bridgehead atoms. The molecule has 2 heteroatoms. The van der Waals surface area contributed by atoms with Gasteiger partial charge in [0.05, 0.1) is 0 Å². The number of fused-ring (bicyclic) bond motifs is 1. The number of carbonyl (C=O) groups is 1. The van der Waals surface area contributed by atoms with E-state index < -0.39 is 0 Å². The van der Waals surface area contributed by atoms with Gasteiger partial charge >= 0.3 is 0 Å². The number of hydrogen-bond acceptors (Lipinski definition) is 2. The van der Waals surface area contributed by atoms with Crippen molar-refractivity contribution in [2.75, 3.05) is 6.54 Å². The monoisotopic (exact) mass is 189 g/mol. The molecule has 0 amide bonds. The summed E-state index contributed by atoms with van der Waals surface area (Å²) < 4.78 is 0. The van der Waals surface area contributed by atoms with Crippen LogP contribution in [0.5, 0.6) is 0 Å². The van der Waals surface area contributed by atoms with Crippen LogP contribution in [-0.2, 0) is 24.2 Å². The molecule has 0 radical (unpaired) electrons. The van der Waals surface area contributed by atoms with Gasteiger partial charge in [-0.05, 0) is 36.1 Å². The van der Waals surface area contributed by atoms with Crippen LogP contribution in [0.2, 0.25) is 0 Å². The highest BCUT2D eigenvalue weighted by atomic mass is 16.1. The molecule has 1 aromatic rings. The van der Waals surface area contributed by atoms with E-state index in [4.69, 9.17) is 0 Å². The van der Waals surface area contributed by atoms with Gasteiger partial charge in [0.1, 0.15) is 6.29 Å². The van der Waals surface area contributed by atoms with Crippen LogP contribution in [0.4, 0.5) is 0 Å². The fourth-order valence-corrected chi connectivity index (χ4v) is 1.91. The van der Waals surface area contributed by atoms with Crippen molar-refractivity contribution >= 4 is 6.29 Å². The average Bonchev–Trinajstić information content (AvgIpc) is 2.26. The zero-order chi connectivity index (χ0) is 9.80. The Morgan fingerprint density at radius 2 is 2.29 bits per heavy atom. The van der Waals surface area contributed by atoms with Crippen molar-refractivity contribution in [2.24, 2.45) is 0 Å². The molecule has 0 aliphatic carbocycles. The van der Waals surface area contributed by atoms with Crippen molar-refractivity contribution in [3.05, 3.63) is 34.9 Å². The van der Waals surface area contributed by atoms with Gasteiger partial charge in [-0.1, -0.05) is 18.2 Å². The van der Waals surface area contributed by atoms with Gasteiger partial charge < -0.3 is 10.1 Å². The van der Waals surface area contributed by atoms with E-state index in [1.807, 2.05) is 0 Å². The van der Waals surface area contributed by atoms with Crippen molar-refractivity contribution in [2.45, 2.75) is 25.8 Å². The summed E-state index contributed by atoms with van der Waals surface area (Å²) in [6, 6.07) is 6.57. The summed E-state index contributed by atoms with van der Waals surface area (Å²) in [6.45, 7) is 2.06. The summed E-state index contributed by atoms with van der Waals surface area (Å²) >= 11 is 0. The largest absolute Gasteiger partial charge is 0.312 e. The second-order valence-corrected chi connectivity index (χ2v) is 3.74. The van der Waals surface area contributed by atoms with Gasteiger partial charge in [0.25, 0.3) is 0 Å². The average molecular weight is 189 g/mol. The minimum Gasteiger partial charge on any atom is -0.312 e. The van der Waals surface area contributed by atoms with Crippen molar-refractivity contribution in [1.82, 2.24) is 5.32 Å². The fraction of sp³-hybridized carbons (Fsp3) is 0.417. The van der Waals surface area contributed by atoms with E-state index in [1.54, 1.807) is 0 Å². The van der Waals surface area contributed by atoms with Crippen LogP contribution in [0.1, 0.15) is 23.1 Å². The number of carbonyl (C=O) groups excluding carboxylic acids is 1. The third-order valence-electron chi connectivity index (χ3n) is 2.71. The highest BCUT2D eigenvalue weighted by Gasteiger charge is 2.08. The van der Waals surface area contributed by atoms with Crippen LogP contribution >= 0.6 is 0 Å². The Hall–Kier alpha value is -1.15. The maximum atomic E-state index is 10.3. The molecule has 2 rings (SSSR count). The molecule has 1 aliphatic heterocycles. The third-order valence-corrected chi connectivity index (χ3v) is 2.71. The molecule has 0 unspecified atom stereocenters. The van der Waals surface area contributed by atoms with Gasteiger partial charge in [0.15, 0.2) is 0 Å². The van der Waals surface area contributed by atoms with E-state index in [9.17, 15) is 4.79 Å². The van der Waals surface area contributed by atoms with E-state index in [-0.39, 0.29) is 0 Å². The Morgan fingerprint density at radius 3 is 3.14 bits per heavy atom. The number of hydrogen-bond donors (Lipinski definition) is 1. The smallest absolute Gasteiger partial charge is 0.120 e. The first kappa shape index (κ1) is 9.41. The van der Waals surface area contributed by atoms with E-state index in [1.165, 1.54) is 16.7 Å². The minimum absolute atomic E-state index is 0.636. The van der Waals surface area contributed by atoms with Gasteiger partial charge in [-0.25, -0.2) is 0 Å². The summed E-state index contributed by atoms with van der Waals surface area (Å²) in [5.41, 5.74) is 4.15. The number of aldehydes is 1. The minimum atomic E-state index is 0.636. The molecular weight excluding hydrogens is 174 g/mol. The highest BCUT2D eigenvalue weighted by Crippen LogP contribution is 2.16. The van der Waals surface area contributed by atoms with Crippen molar-refractivity contribution < 1.29 is 4.79 Å². The predicted octanol–water partition coefficient (Wildman–Crippen LogP) is 1.46. The summed E-state index contributed by atoms with van der Waals surface area (Å²) in [6.07, 6.45) is 3.62. The first-order valence-electron chi connectivity index (χ1n) is 5.15. The zero-order valence-electron chi connectivity index (χ0n) is 8.25. The zero-order valence-corrected chi connectivity index (χ0v) is 8.25. The van der Waals surface area contributed by atoms with E-state index in [2.05, 4.69) is 23.5 Å². The topological polar surface area (TPSA) is 29.1 Å². The normalized spacial score (nSPS) is 14.9. The number of rotatable bonds is 3. The lowest BCUT2D eigenvalue weighted by molar-refractivity contribution is -0.107. The molecule has 1 aliphatic rings. The van der Waals surface area contributed by atoms with Crippen molar-refractivity contribution in [3.8, 4) is 0 Å². The van der Waals surface area contributed by atoms with Crippen LogP contribution in [0.3, 0.4) is 0 Å². The first-order valence-corrected chi connectivity index (χ1v) is 5.15. The second-order valence-electron chi connectivity index (χ2n) is 3.74. The lowest BCUT2D eigenvalue weighted by atomic mass is 9.97. The molecule has 0 spiro atoms. The standard InChI is InChI=1S/C12H15NO/c14-7-1-2-10-3-4-12-9-13-6-5-11(12)8-10/h3-4,7-8,13H,1-2,5-6,9H2. The molecule has 1 heterocycles. The molecule has 0 fully saturated rings. The number of benzene rings is 1. The summed E-state index contributed by atoms with van der Waals surface area (Å²) in [5, 5.41) is 3.35. The Bertz CT molecular complexity index is 333. The lowest BCUT2D eigenvalue weighted by Crippen LogP contribution is -2.23. The molecule has 1 aromatic carbocycles. The first-order chi connectivity index (χ1) is 6.90. The summed E-state index contributed by atoms with van der Waals surface area (Å²) in [4.78, 5) is 10.3. The molecule has 0 saturated heterocycles. The molecule has 0 atom stereocenters. The number of nitrogens with one attached hydrogen (secondary N) is 1. The Balaban J connectivity index is 2.16. The summed E-state index contributed by atoms with van der Waals surface area (Å²) in [5.74, 6) is 0. The van der Waals surface area contributed by atoms with Gasteiger partial charge in [0.2, 0.25) is 0 Å². The third kappa shape index (κ3) is 2.02. The quantitative estimate of drug-likeness (QED) is 0.729. The molecule has 14 heavy (non-hydrogen) atoms. The second kappa shape index (κ2) is 4.38. The lowest BCUT2D eigenvalue weighted by Gasteiger charge is -2.17. The van der Waals surface area contributed by atoms with Gasteiger partial charge in [0, 0.05) is 13.0 Å². The molecule has 2 nitrogen and oxygen atoms in total. The van der Waals surface area contributed by atoms with Crippen LogP contribution in [-0.4, -0.2) is 12.8 Å². The van der Waals surface area contributed by atoms with E-state index >= 15 is 0 Å². The Kier molecular flexibility index (Phi) is 2.94. The number of aryl methyl sites for hydroxylation is 1. The predicted molar refractivity (Wildman–Crippen MR) is 56.2 cm³/mol. The molecule has 0 aromatic heterocycles.